The number of hydrogen-bond acceptors (Lipinski definition) is 3. The average molecular weight is 316 g/mol. The summed E-state index contributed by atoms with van der Waals surface area (Å²) < 4.78 is 26.4. The number of carbonyl (C=O) groups excluding carboxylic acids is 1. The second-order valence-corrected chi connectivity index (χ2v) is 4.69. The van der Waals surface area contributed by atoms with Crippen LogP contribution in [0.1, 0.15) is 17.8 Å². The van der Waals surface area contributed by atoms with Gasteiger partial charge in [-0.2, -0.15) is 5.10 Å². The van der Waals surface area contributed by atoms with E-state index in [1.165, 1.54) is 19.1 Å². The number of alkyl halides is 2. The number of halogens is 3. The number of carbonyl (C=O) groups is 1. The minimum atomic E-state index is -2.81. The molecule has 0 aliphatic rings. The first-order chi connectivity index (χ1) is 9.90. The molecule has 2 rings (SSSR count). The van der Waals surface area contributed by atoms with E-state index < -0.39 is 18.0 Å². The molecule has 112 valence electrons. The van der Waals surface area contributed by atoms with Crippen LogP contribution in [-0.2, 0) is 11.3 Å². The number of aromatic nitrogens is 2. The van der Waals surface area contributed by atoms with Crippen LogP contribution in [0.3, 0.4) is 0 Å². The van der Waals surface area contributed by atoms with Gasteiger partial charge >= 0.3 is 0 Å². The number of phenolic OH excluding ortho intramolecular Hbond substituents is 1. The summed E-state index contributed by atoms with van der Waals surface area (Å²) in [6.45, 7) is 1.21. The highest BCUT2D eigenvalue weighted by molar-refractivity contribution is 6.31. The Labute approximate surface area is 124 Å². The molecular weight excluding hydrogens is 304 g/mol. The SMILES string of the molecule is Cc1c(Cl)c(C(F)F)nn1CC(=O)Nc1ccccc1O. The maximum absolute atomic E-state index is 12.7. The van der Waals surface area contributed by atoms with Crippen LogP contribution < -0.4 is 5.32 Å². The van der Waals surface area contributed by atoms with Gasteiger partial charge in [0.05, 0.1) is 16.4 Å². The number of rotatable bonds is 4. The molecule has 0 atom stereocenters. The lowest BCUT2D eigenvalue weighted by Gasteiger charge is -2.08. The molecule has 0 spiro atoms. The van der Waals surface area contributed by atoms with E-state index in [0.29, 0.717) is 0 Å². The predicted octanol–water partition coefficient (Wildman–Crippen LogP) is 3.13. The summed E-state index contributed by atoms with van der Waals surface area (Å²) in [7, 11) is 0. The van der Waals surface area contributed by atoms with Gasteiger partial charge in [-0.3, -0.25) is 9.48 Å². The summed E-state index contributed by atoms with van der Waals surface area (Å²) >= 11 is 5.74. The van der Waals surface area contributed by atoms with Gasteiger partial charge < -0.3 is 10.4 Å². The zero-order valence-electron chi connectivity index (χ0n) is 11.0. The van der Waals surface area contributed by atoms with Crippen molar-refractivity contribution < 1.29 is 18.7 Å². The minimum absolute atomic E-state index is 0.0886. The van der Waals surface area contributed by atoms with Gasteiger partial charge in [0.2, 0.25) is 5.91 Å². The van der Waals surface area contributed by atoms with Crippen molar-refractivity contribution in [1.29, 1.82) is 0 Å². The zero-order chi connectivity index (χ0) is 15.6. The molecular formula is C13H12ClF2N3O2. The predicted molar refractivity (Wildman–Crippen MR) is 73.7 cm³/mol. The Hall–Kier alpha value is -2.15. The van der Waals surface area contributed by atoms with Crippen LogP contribution in [0.4, 0.5) is 14.5 Å². The maximum Gasteiger partial charge on any atom is 0.283 e. The Kier molecular flexibility index (Phi) is 4.42. The third-order valence-electron chi connectivity index (χ3n) is 2.84. The smallest absolute Gasteiger partial charge is 0.283 e. The van der Waals surface area contributed by atoms with E-state index in [0.717, 1.165) is 4.68 Å². The molecule has 1 amide bonds. The van der Waals surface area contributed by atoms with Crippen molar-refractivity contribution in [3.05, 3.63) is 40.7 Å². The van der Waals surface area contributed by atoms with Crippen molar-refractivity contribution in [3.8, 4) is 5.75 Å². The molecule has 0 saturated heterocycles. The quantitative estimate of drug-likeness (QED) is 0.852. The topological polar surface area (TPSA) is 67.2 Å². The molecule has 8 heteroatoms. The molecule has 2 aromatic rings. The molecule has 1 heterocycles. The normalized spacial score (nSPS) is 10.9. The fourth-order valence-electron chi connectivity index (χ4n) is 1.75. The summed E-state index contributed by atoms with van der Waals surface area (Å²) in [5.41, 5.74) is -0.0450. The van der Waals surface area contributed by atoms with E-state index in [1.54, 1.807) is 12.1 Å². The molecule has 1 aromatic heterocycles. The second-order valence-electron chi connectivity index (χ2n) is 4.31. The van der Waals surface area contributed by atoms with Crippen molar-refractivity contribution in [1.82, 2.24) is 9.78 Å². The second kappa shape index (κ2) is 6.09. The first-order valence-electron chi connectivity index (χ1n) is 5.99. The number of phenols is 1. The highest BCUT2D eigenvalue weighted by Gasteiger charge is 2.21. The third kappa shape index (κ3) is 3.30. The largest absolute Gasteiger partial charge is 0.506 e. The molecule has 0 fully saturated rings. The number of aromatic hydroxyl groups is 1. The number of hydrogen-bond donors (Lipinski definition) is 2. The summed E-state index contributed by atoms with van der Waals surface area (Å²) in [4.78, 5) is 11.9. The fraction of sp³-hybridized carbons (Fsp3) is 0.231. The maximum atomic E-state index is 12.7. The summed E-state index contributed by atoms with van der Waals surface area (Å²) in [5, 5.41) is 15.5. The lowest BCUT2D eigenvalue weighted by molar-refractivity contribution is -0.117. The molecule has 1 aromatic carbocycles. The zero-order valence-corrected chi connectivity index (χ0v) is 11.7. The van der Waals surface area contributed by atoms with E-state index in [-0.39, 0.29) is 28.7 Å². The van der Waals surface area contributed by atoms with Gasteiger partial charge in [0.15, 0.2) is 0 Å². The molecule has 0 aliphatic carbocycles. The number of nitrogens with one attached hydrogen (secondary N) is 1. The molecule has 0 saturated carbocycles. The van der Waals surface area contributed by atoms with Crippen molar-refractivity contribution in [2.45, 2.75) is 19.9 Å². The van der Waals surface area contributed by atoms with Crippen LogP contribution in [0.25, 0.3) is 0 Å². The first-order valence-corrected chi connectivity index (χ1v) is 6.36. The average Bonchev–Trinajstić information content (AvgIpc) is 2.70. The summed E-state index contributed by atoms with van der Waals surface area (Å²) in [6, 6.07) is 6.18. The van der Waals surface area contributed by atoms with Crippen LogP contribution in [0.2, 0.25) is 5.02 Å². The molecule has 0 bridgehead atoms. The van der Waals surface area contributed by atoms with Gasteiger partial charge in [0.25, 0.3) is 6.43 Å². The Balaban J connectivity index is 2.14. The van der Waals surface area contributed by atoms with Gasteiger partial charge in [-0.05, 0) is 19.1 Å². The molecule has 21 heavy (non-hydrogen) atoms. The van der Waals surface area contributed by atoms with Crippen LogP contribution in [0.15, 0.2) is 24.3 Å². The number of benzene rings is 1. The van der Waals surface area contributed by atoms with Gasteiger partial charge in [0.1, 0.15) is 18.0 Å². The monoisotopic (exact) mass is 315 g/mol. The van der Waals surface area contributed by atoms with E-state index in [2.05, 4.69) is 10.4 Å². The van der Waals surface area contributed by atoms with Crippen molar-refractivity contribution in [3.63, 3.8) is 0 Å². The molecule has 5 nitrogen and oxygen atoms in total. The lowest BCUT2D eigenvalue weighted by Crippen LogP contribution is -2.20. The summed E-state index contributed by atoms with van der Waals surface area (Å²) in [6.07, 6.45) is -2.81. The van der Waals surface area contributed by atoms with E-state index in [9.17, 15) is 18.7 Å². The fourth-order valence-corrected chi connectivity index (χ4v) is 1.96. The minimum Gasteiger partial charge on any atom is -0.506 e. The number of para-hydroxylation sites is 2. The van der Waals surface area contributed by atoms with Crippen LogP contribution in [-0.4, -0.2) is 20.8 Å². The standard InChI is InChI=1S/C13H12ClF2N3O2/c1-7-11(14)12(13(15)16)18-19(7)6-10(21)17-8-4-2-3-5-9(8)20/h2-5,13,20H,6H2,1H3,(H,17,21). The van der Waals surface area contributed by atoms with Crippen molar-refractivity contribution in [2.75, 3.05) is 5.32 Å². The van der Waals surface area contributed by atoms with E-state index >= 15 is 0 Å². The highest BCUT2D eigenvalue weighted by atomic mass is 35.5. The Morgan fingerprint density at radius 2 is 2.14 bits per heavy atom. The molecule has 0 unspecified atom stereocenters. The number of amides is 1. The third-order valence-corrected chi connectivity index (χ3v) is 3.30. The van der Waals surface area contributed by atoms with Gasteiger partial charge in [-0.1, -0.05) is 23.7 Å². The van der Waals surface area contributed by atoms with Gasteiger partial charge in [-0.25, -0.2) is 8.78 Å². The van der Waals surface area contributed by atoms with Crippen molar-refractivity contribution in [2.24, 2.45) is 0 Å². The number of nitrogens with zero attached hydrogens (tertiary/aromatic N) is 2. The first kappa shape index (κ1) is 15.2. The van der Waals surface area contributed by atoms with Crippen molar-refractivity contribution >= 4 is 23.2 Å². The van der Waals surface area contributed by atoms with Crippen LogP contribution in [0.5, 0.6) is 5.75 Å². The van der Waals surface area contributed by atoms with Crippen LogP contribution >= 0.6 is 11.6 Å². The molecule has 0 aliphatic heterocycles. The van der Waals surface area contributed by atoms with Gasteiger partial charge in [-0.15, -0.1) is 0 Å². The van der Waals surface area contributed by atoms with Crippen LogP contribution in [0, 0.1) is 6.92 Å². The van der Waals surface area contributed by atoms with Gasteiger partial charge in [0, 0.05) is 0 Å². The summed E-state index contributed by atoms with van der Waals surface area (Å²) in [5.74, 6) is -0.603. The van der Waals surface area contributed by atoms with E-state index in [1.807, 2.05) is 0 Å². The molecule has 0 radical (unpaired) electrons. The Morgan fingerprint density at radius 3 is 2.71 bits per heavy atom. The highest BCUT2D eigenvalue weighted by Crippen LogP contribution is 2.28. The lowest BCUT2D eigenvalue weighted by atomic mass is 10.3. The number of anilines is 1. The molecule has 2 N–H and O–H groups in total. The van der Waals surface area contributed by atoms with E-state index in [4.69, 9.17) is 11.6 Å². The Morgan fingerprint density at radius 1 is 1.48 bits per heavy atom. The Bertz CT molecular complexity index is 673.